The van der Waals surface area contributed by atoms with Crippen LogP contribution in [0.2, 0.25) is 5.15 Å². The van der Waals surface area contributed by atoms with Crippen LogP contribution in [0.3, 0.4) is 0 Å². The molecule has 3 heterocycles. The maximum Gasteiger partial charge on any atom is 0.152 e. The molecule has 0 unspecified atom stereocenters. The topological polar surface area (TPSA) is 24.9 Å². The summed E-state index contributed by atoms with van der Waals surface area (Å²) < 4.78 is 0. The third-order valence-corrected chi connectivity index (χ3v) is 5.11. The first-order chi connectivity index (χ1) is 9.74. The van der Waals surface area contributed by atoms with E-state index >= 15 is 0 Å². The standard InChI is InChI=1S/C15H13ClN2S2/c1-10-8-11(15(16)17-9-10)18-14(12-4-2-6-19-12)13-5-3-7-20-13/h2-9,14,18H,1H3. The van der Waals surface area contributed by atoms with Crippen molar-refractivity contribution in [1.82, 2.24) is 4.98 Å². The fourth-order valence-corrected chi connectivity index (χ4v) is 3.82. The Balaban J connectivity index is 1.97. The van der Waals surface area contributed by atoms with Gasteiger partial charge in [0.15, 0.2) is 5.15 Å². The number of rotatable bonds is 4. The molecular formula is C15H13ClN2S2. The summed E-state index contributed by atoms with van der Waals surface area (Å²) >= 11 is 9.67. The second-order valence-corrected chi connectivity index (χ2v) is 6.78. The molecule has 0 saturated carbocycles. The smallest absolute Gasteiger partial charge is 0.152 e. The van der Waals surface area contributed by atoms with E-state index in [1.165, 1.54) is 9.75 Å². The van der Waals surface area contributed by atoms with Crippen LogP contribution in [0.4, 0.5) is 5.69 Å². The van der Waals surface area contributed by atoms with Crippen LogP contribution in [0.1, 0.15) is 21.4 Å². The lowest BCUT2D eigenvalue weighted by atomic mass is 10.2. The predicted octanol–water partition coefficient (Wildman–Crippen LogP) is 5.37. The van der Waals surface area contributed by atoms with E-state index < -0.39 is 0 Å². The van der Waals surface area contributed by atoms with Crippen molar-refractivity contribution in [2.75, 3.05) is 5.32 Å². The summed E-state index contributed by atoms with van der Waals surface area (Å²) in [5, 5.41) is 8.21. The van der Waals surface area contributed by atoms with E-state index in [9.17, 15) is 0 Å². The van der Waals surface area contributed by atoms with Crippen LogP contribution >= 0.6 is 34.3 Å². The summed E-state index contributed by atoms with van der Waals surface area (Å²) in [6.45, 7) is 2.01. The zero-order valence-electron chi connectivity index (χ0n) is 10.8. The Kier molecular flexibility index (Phi) is 4.05. The largest absolute Gasteiger partial charge is 0.370 e. The van der Waals surface area contributed by atoms with Gasteiger partial charge >= 0.3 is 0 Å². The third-order valence-electron chi connectivity index (χ3n) is 2.93. The molecule has 0 aliphatic rings. The average molecular weight is 321 g/mol. The summed E-state index contributed by atoms with van der Waals surface area (Å²) in [7, 11) is 0. The highest BCUT2D eigenvalue weighted by atomic mass is 35.5. The number of aryl methyl sites for hydroxylation is 1. The zero-order valence-corrected chi connectivity index (χ0v) is 13.2. The van der Waals surface area contributed by atoms with E-state index in [1.807, 2.05) is 13.0 Å². The molecule has 2 nitrogen and oxygen atoms in total. The lowest BCUT2D eigenvalue weighted by molar-refractivity contribution is 0.987. The molecular weight excluding hydrogens is 308 g/mol. The molecule has 5 heteroatoms. The van der Waals surface area contributed by atoms with Gasteiger partial charge in [0.25, 0.3) is 0 Å². The highest BCUT2D eigenvalue weighted by Gasteiger charge is 2.17. The summed E-state index contributed by atoms with van der Waals surface area (Å²) in [4.78, 5) is 6.74. The van der Waals surface area contributed by atoms with Crippen LogP contribution < -0.4 is 5.32 Å². The molecule has 0 bridgehead atoms. The molecule has 0 aliphatic heterocycles. The fraction of sp³-hybridized carbons (Fsp3) is 0.133. The van der Waals surface area contributed by atoms with Crippen molar-refractivity contribution in [3.8, 4) is 0 Å². The summed E-state index contributed by atoms with van der Waals surface area (Å²) in [6.07, 6.45) is 1.78. The summed E-state index contributed by atoms with van der Waals surface area (Å²) in [6, 6.07) is 10.6. The van der Waals surface area contributed by atoms with Gasteiger partial charge in [0.05, 0.1) is 11.7 Å². The van der Waals surface area contributed by atoms with Crippen LogP contribution in [-0.2, 0) is 0 Å². The monoisotopic (exact) mass is 320 g/mol. The van der Waals surface area contributed by atoms with E-state index in [0.717, 1.165) is 11.3 Å². The molecule has 102 valence electrons. The normalized spacial score (nSPS) is 10.9. The number of pyridine rings is 1. The molecule has 3 rings (SSSR count). The van der Waals surface area contributed by atoms with Crippen molar-refractivity contribution in [3.63, 3.8) is 0 Å². The molecule has 0 radical (unpaired) electrons. The Hall–Kier alpha value is -1.36. The minimum atomic E-state index is 0.121. The van der Waals surface area contributed by atoms with Crippen molar-refractivity contribution in [2.45, 2.75) is 13.0 Å². The first-order valence-electron chi connectivity index (χ1n) is 6.19. The molecule has 0 atom stereocenters. The number of nitrogens with one attached hydrogen (secondary N) is 1. The highest BCUT2D eigenvalue weighted by Crippen LogP contribution is 2.34. The Labute approximate surface area is 131 Å². The second kappa shape index (κ2) is 5.95. The quantitative estimate of drug-likeness (QED) is 0.654. The number of anilines is 1. The fourth-order valence-electron chi connectivity index (χ4n) is 2.00. The molecule has 0 fully saturated rings. The number of aromatic nitrogens is 1. The summed E-state index contributed by atoms with van der Waals surface area (Å²) in [5.41, 5.74) is 1.96. The minimum absolute atomic E-state index is 0.121. The van der Waals surface area contributed by atoms with Gasteiger partial charge in [-0.3, -0.25) is 0 Å². The predicted molar refractivity (Wildman–Crippen MR) is 88.1 cm³/mol. The van der Waals surface area contributed by atoms with Gasteiger partial charge in [-0.2, -0.15) is 0 Å². The zero-order chi connectivity index (χ0) is 13.9. The average Bonchev–Trinajstić information content (AvgIpc) is 3.12. The van der Waals surface area contributed by atoms with E-state index in [0.29, 0.717) is 5.15 Å². The third kappa shape index (κ3) is 2.87. The van der Waals surface area contributed by atoms with Crippen LogP contribution in [0.25, 0.3) is 0 Å². The number of halogens is 1. The van der Waals surface area contributed by atoms with Crippen molar-refractivity contribution >= 4 is 40.0 Å². The molecule has 0 amide bonds. The number of hydrogen-bond acceptors (Lipinski definition) is 4. The minimum Gasteiger partial charge on any atom is -0.370 e. The van der Waals surface area contributed by atoms with Gasteiger partial charge in [-0.25, -0.2) is 4.98 Å². The first kappa shape index (κ1) is 13.6. The molecule has 0 aliphatic carbocycles. The molecule has 1 N–H and O–H groups in total. The second-order valence-electron chi connectivity index (χ2n) is 4.46. The number of nitrogens with zero attached hydrogens (tertiary/aromatic N) is 1. The maximum absolute atomic E-state index is 6.20. The van der Waals surface area contributed by atoms with Gasteiger partial charge in [0.1, 0.15) is 0 Å². The van der Waals surface area contributed by atoms with E-state index in [2.05, 4.69) is 45.3 Å². The molecule has 20 heavy (non-hydrogen) atoms. The van der Waals surface area contributed by atoms with Crippen molar-refractivity contribution in [1.29, 1.82) is 0 Å². The van der Waals surface area contributed by atoms with Gasteiger partial charge in [0, 0.05) is 16.0 Å². The Morgan fingerprint density at radius 1 is 1.15 bits per heavy atom. The first-order valence-corrected chi connectivity index (χ1v) is 8.33. The number of thiophene rings is 2. The van der Waals surface area contributed by atoms with Crippen LogP contribution in [0, 0.1) is 6.92 Å². The van der Waals surface area contributed by atoms with Crippen molar-refractivity contribution < 1.29 is 0 Å². The molecule has 3 aromatic rings. The SMILES string of the molecule is Cc1cnc(Cl)c(NC(c2cccs2)c2cccs2)c1. The highest BCUT2D eigenvalue weighted by molar-refractivity contribution is 7.11. The van der Waals surface area contributed by atoms with E-state index in [4.69, 9.17) is 11.6 Å². The van der Waals surface area contributed by atoms with Gasteiger partial charge in [-0.05, 0) is 41.4 Å². The molecule has 3 aromatic heterocycles. The Morgan fingerprint density at radius 2 is 1.80 bits per heavy atom. The Morgan fingerprint density at radius 3 is 2.35 bits per heavy atom. The van der Waals surface area contributed by atoms with Gasteiger partial charge < -0.3 is 5.32 Å². The van der Waals surface area contributed by atoms with Crippen LogP contribution in [0.15, 0.2) is 47.3 Å². The maximum atomic E-state index is 6.20. The van der Waals surface area contributed by atoms with Gasteiger partial charge in [0.2, 0.25) is 0 Å². The summed E-state index contributed by atoms with van der Waals surface area (Å²) in [5.74, 6) is 0. The van der Waals surface area contributed by atoms with Crippen LogP contribution in [-0.4, -0.2) is 4.98 Å². The van der Waals surface area contributed by atoms with E-state index in [1.54, 1.807) is 28.9 Å². The lowest BCUT2D eigenvalue weighted by Crippen LogP contribution is -2.10. The number of hydrogen-bond donors (Lipinski definition) is 1. The van der Waals surface area contributed by atoms with Crippen molar-refractivity contribution in [2.24, 2.45) is 0 Å². The lowest BCUT2D eigenvalue weighted by Gasteiger charge is -2.18. The van der Waals surface area contributed by atoms with Crippen molar-refractivity contribution in [3.05, 3.63) is 67.8 Å². The van der Waals surface area contributed by atoms with Crippen LogP contribution in [0.5, 0.6) is 0 Å². The van der Waals surface area contributed by atoms with Gasteiger partial charge in [-0.15, -0.1) is 22.7 Å². The molecule has 0 aromatic carbocycles. The van der Waals surface area contributed by atoms with E-state index in [-0.39, 0.29) is 6.04 Å². The molecule has 0 spiro atoms. The molecule has 0 saturated heterocycles. The Bertz CT molecular complexity index is 644. The van der Waals surface area contributed by atoms with Gasteiger partial charge in [-0.1, -0.05) is 23.7 Å².